The zero-order valence-electron chi connectivity index (χ0n) is 7.44. The van der Waals surface area contributed by atoms with E-state index < -0.39 is 0 Å². The van der Waals surface area contributed by atoms with Gasteiger partial charge in [-0.15, -0.1) is 30.1 Å². The predicted molar refractivity (Wildman–Crippen MR) is 43.0 cm³/mol. The summed E-state index contributed by atoms with van der Waals surface area (Å²) in [4.78, 5) is 0. The van der Waals surface area contributed by atoms with E-state index in [-0.39, 0.29) is 62.2 Å². The van der Waals surface area contributed by atoms with E-state index in [2.05, 4.69) is 31.9 Å². The van der Waals surface area contributed by atoms with Gasteiger partial charge < -0.3 is 5.32 Å². The molecule has 0 saturated carbocycles. The molecule has 3 heteroatoms. The summed E-state index contributed by atoms with van der Waals surface area (Å²) in [5, 5.41) is 2.92. The number of dihydropyridines is 1. The second-order valence-corrected chi connectivity index (χ2v) is 2.71. The van der Waals surface area contributed by atoms with Gasteiger partial charge in [0.25, 0.3) is 0 Å². The smallest absolute Gasteiger partial charge is 0 e. The molecule has 0 spiro atoms. The van der Waals surface area contributed by atoms with E-state index in [0.29, 0.717) is 5.92 Å². The molecule has 1 aliphatic rings. The molecule has 0 amide bonds. The quantitative estimate of drug-likeness (QED) is 0.449. The van der Waals surface area contributed by atoms with Crippen LogP contribution in [0.25, 0.3) is 0 Å². The van der Waals surface area contributed by atoms with Crippen LogP contribution in [0.5, 0.6) is 0 Å². The number of hydrogen-bond donors (Lipinski definition) is 1. The third kappa shape index (κ3) is 4.39. The minimum absolute atomic E-state index is 0. The Kier molecular flexibility index (Phi) is 9.77. The van der Waals surface area contributed by atoms with Gasteiger partial charge in [0.1, 0.15) is 0 Å². The van der Waals surface area contributed by atoms with Crippen molar-refractivity contribution in [3.8, 4) is 0 Å². The Morgan fingerprint density at radius 3 is 2.33 bits per heavy atom. The number of rotatable bonds is 1. The normalized spacial score (nSPS) is 14.2. The Balaban J connectivity index is 0. The average Bonchev–Trinajstić information content (AvgIpc) is 1.88. The predicted octanol–water partition coefficient (Wildman–Crippen LogP) is 2.00. The molecule has 0 unspecified atom stereocenters. The third-order valence-electron chi connectivity index (χ3n) is 1.55. The molecule has 1 heterocycles. The summed E-state index contributed by atoms with van der Waals surface area (Å²) in [7, 11) is 0. The van der Waals surface area contributed by atoms with Crippen molar-refractivity contribution in [2.24, 2.45) is 5.92 Å². The van der Waals surface area contributed by atoms with Crippen LogP contribution >= 0.6 is 0 Å². The van der Waals surface area contributed by atoms with Gasteiger partial charge in [0.15, 0.2) is 0 Å². The van der Waals surface area contributed by atoms with Gasteiger partial charge in [0, 0.05) is 62.2 Å². The molecule has 0 fully saturated rings. The second-order valence-electron chi connectivity index (χ2n) is 2.71. The third-order valence-corrected chi connectivity index (χ3v) is 1.55. The minimum atomic E-state index is 0. The maximum atomic E-state index is 3.89. The van der Waals surface area contributed by atoms with E-state index >= 15 is 0 Å². The van der Waals surface area contributed by atoms with Crippen LogP contribution in [0.4, 0.5) is 0 Å². The van der Waals surface area contributed by atoms with Gasteiger partial charge in [-0.3, -0.25) is 0 Å². The number of hydrogen-bond acceptors (Lipinski definition) is 1. The van der Waals surface area contributed by atoms with Crippen LogP contribution in [0.3, 0.4) is 0 Å². The van der Waals surface area contributed by atoms with E-state index in [9.17, 15) is 0 Å². The summed E-state index contributed by atoms with van der Waals surface area (Å²) in [6.07, 6.45) is 6.69. The molecule has 0 saturated heterocycles. The maximum absolute atomic E-state index is 3.89. The molecule has 0 aliphatic carbocycles. The zero-order valence-corrected chi connectivity index (χ0v) is 15.8. The molecule has 12 heavy (non-hydrogen) atoms. The fraction of sp³-hybridized carbons (Fsp3) is 0.333. The summed E-state index contributed by atoms with van der Waals surface area (Å²) in [6, 6.07) is 0. The van der Waals surface area contributed by atoms with E-state index in [0.717, 1.165) is 5.57 Å². The molecule has 62 valence electrons. The fourth-order valence-corrected chi connectivity index (χ4v) is 0.962. The zero-order chi connectivity index (χ0) is 7.56. The Labute approximate surface area is 122 Å². The van der Waals surface area contributed by atoms with Gasteiger partial charge in [-0.05, 0) is 5.92 Å². The monoisotopic (exact) mass is 610 g/mol. The van der Waals surface area contributed by atoms with E-state index in [1.165, 1.54) is 5.57 Å². The van der Waals surface area contributed by atoms with Crippen LogP contribution in [0, 0.1) is 74.3 Å². The Morgan fingerprint density at radius 2 is 2.00 bits per heavy atom. The summed E-state index contributed by atoms with van der Waals surface area (Å²) in [6.45, 7) is 8.19. The van der Waals surface area contributed by atoms with Crippen LogP contribution in [0.15, 0.2) is 30.0 Å². The molecular weight excluding hydrogens is 598 g/mol. The molecule has 0 bridgehead atoms. The van der Waals surface area contributed by atoms with Crippen molar-refractivity contribution in [3.05, 3.63) is 36.2 Å². The van der Waals surface area contributed by atoms with Gasteiger partial charge in [-0.2, -0.15) is 6.08 Å². The summed E-state index contributed by atoms with van der Waals surface area (Å²) >= 11 is 0. The Bertz CT molecular complexity index is 205. The molecule has 0 radical (unpaired) electrons. The van der Waals surface area contributed by atoms with Gasteiger partial charge >= 0.3 is 0 Å². The number of allylic oxidation sites excluding steroid dienone is 3. The van der Waals surface area contributed by atoms with Crippen LogP contribution in [-0.4, -0.2) is 0 Å². The second kappa shape index (κ2) is 7.52. The Hall–Kier alpha value is 1.12. The number of nitrogens with one attached hydrogen (secondary N) is 1. The summed E-state index contributed by atoms with van der Waals surface area (Å²) in [5.74, 6) is 0.540. The van der Waals surface area contributed by atoms with Crippen molar-refractivity contribution >= 4 is 0 Å². The molecule has 0 atom stereocenters. The van der Waals surface area contributed by atoms with Crippen molar-refractivity contribution in [1.29, 1.82) is 0 Å². The van der Waals surface area contributed by atoms with Crippen molar-refractivity contribution in [3.63, 3.8) is 0 Å². The first-order valence-corrected chi connectivity index (χ1v) is 3.45. The first kappa shape index (κ1) is 15.6. The largest absolute Gasteiger partial charge is 0.474 e. The van der Waals surface area contributed by atoms with Gasteiger partial charge in [-0.1, -0.05) is 13.8 Å². The maximum Gasteiger partial charge on any atom is 0 e. The molecule has 1 N–H and O–H groups in total. The first-order chi connectivity index (χ1) is 4.72. The molecule has 0 aromatic heterocycles. The van der Waals surface area contributed by atoms with Crippen LogP contribution in [-0.2, 0) is 0 Å². The van der Waals surface area contributed by atoms with E-state index in [1.807, 2.05) is 12.3 Å². The van der Waals surface area contributed by atoms with Crippen molar-refractivity contribution in [2.45, 2.75) is 13.8 Å². The molecule has 1 aliphatic heterocycles. The summed E-state index contributed by atoms with van der Waals surface area (Å²) < 4.78 is 0. The van der Waals surface area contributed by atoms with Crippen molar-refractivity contribution < 1.29 is 62.2 Å². The van der Waals surface area contributed by atoms with Crippen LogP contribution < -0.4 is 5.32 Å². The van der Waals surface area contributed by atoms with Crippen LogP contribution in [0.2, 0.25) is 0 Å². The minimum Gasteiger partial charge on any atom is -0.474 e. The Morgan fingerprint density at radius 1 is 1.42 bits per heavy atom. The van der Waals surface area contributed by atoms with E-state index in [1.54, 1.807) is 0 Å². The summed E-state index contributed by atoms with van der Waals surface area (Å²) in [5.41, 5.74) is 2.33. The first-order valence-electron chi connectivity index (χ1n) is 3.45. The van der Waals surface area contributed by atoms with Crippen molar-refractivity contribution in [1.82, 2.24) is 5.32 Å². The van der Waals surface area contributed by atoms with Gasteiger partial charge in [0.05, 0.1) is 0 Å². The van der Waals surface area contributed by atoms with Gasteiger partial charge in [-0.25, -0.2) is 0 Å². The van der Waals surface area contributed by atoms with Crippen LogP contribution in [0.1, 0.15) is 13.8 Å². The topological polar surface area (TPSA) is 12.0 Å². The van der Waals surface area contributed by atoms with Gasteiger partial charge in [0.2, 0.25) is 0 Å². The average molecular weight is 610 g/mol. The van der Waals surface area contributed by atoms with Crippen molar-refractivity contribution in [2.75, 3.05) is 0 Å². The molecule has 0 aromatic rings. The molecule has 1 nitrogen and oxygen atoms in total. The molecule has 1 rings (SSSR count). The molecular formula is C9H12NU2-. The molecule has 0 aromatic carbocycles. The SMILES string of the molecule is C=C1C=[C-]NC=C1C(C)C.[U].[U]. The van der Waals surface area contributed by atoms with E-state index in [4.69, 9.17) is 0 Å². The standard InChI is InChI=1S/C9H12N.2U/c1-7(2)9-6-10-5-4-8(9)3;;/h4,6-7,10H,3H2,1-2H3;;/q-1;;. The fourth-order valence-electron chi connectivity index (χ4n) is 0.962.